The largest absolute Gasteiger partial charge is 0.456 e. The minimum Gasteiger partial charge on any atom is -0.456 e. The van der Waals surface area contributed by atoms with E-state index in [0.717, 1.165) is 40.5 Å². The first kappa shape index (κ1) is 30.0. The Labute approximate surface area is 312 Å². The molecule has 0 saturated heterocycles. The van der Waals surface area contributed by atoms with Crippen molar-refractivity contribution in [3.05, 3.63) is 126 Å². The topological polar surface area (TPSA) is 25.6 Å². The van der Waals surface area contributed by atoms with Gasteiger partial charge in [0.1, 0.15) is 22.4 Å². The maximum Gasteiger partial charge on any atom is 0.137 e. The van der Waals surface area contributed by atoms with Crippen molar-refractivity contribution in [2.75, 3.05) is 4.90 Å². The third-order valence-corrected chi connectivity index (χ3v) is 16.0. The van der Waals surface area contributed by atoms with Crippen molar-refractivity contribution in [2.45, 2.75) is 75.4 Å². The number of benzene rings is 5. The first-order chi connectivity index (χ1) is 26.1. The van der Waals surface area contributed by atoms with Gasteiger partial charge in [-0.25, -0.2) is 0 Å². The predicted molar refractivity (Wildman–Crippen MR) is 212 cm³/mol. The molecule has 8 aliphatic carbocycles. The highest BCUT2D eigenvalue weighted by atomic mass is 16.5. The third kappa shape index (κ3) is 4.05. The highest BCUT2D eigenvalue weighted by Gasteiger charge is 2.71. The quantitative estimate of drug-likeness (QED) is 0.184. The van der Waals surface area contributed by atoms with Crippen molar-refractivity contribution in [1.29, 1.82) is 0 Å². The van der Waals surface area contributed by atoms with Crippen LogP contribution in [0.1, 0.15) is 75.3 Å². The SMILES string of the molecule is c1ccc(-c2ccc(N(c3ccc4c(c3)C3(OC45C4CC6CC(C4)CC5C6)C4CC5CC(C4)CC3C5)c3ccc4c(c3)oc3ccccc34)cc2)cc1. The molecule has 0 unspecified atom stereocenters. The van der Waals surface area contributed by atoms with Crippen LogP contribution in [-0.4, -0.2) is 0 Å². The molecular formula is C50H47NO2. The van der Waals surface area contributed by atoms with E-state index in [0.29, 0.717) is 23.7 Å². The van der Waals surface area contributed by atoms with E-state index in [4.69, 9.17) is 9.15 Å². The van der Waals surface area contributed by atoms with E-state index in [-0.39, 0.29) is 11.2 Å². The van der Waals surface area contributed by atoms with Crippen LogP contribution in [0.15, 0.2) is 120 Å². The molecule has 3 nitrogen and oxygen atoms in total. The zero-order valence-corrected chi connectivity index (χ0v) is 30.4. The predicted octanol–water partition coefficient (Wildman–Crippen LogP) is 13.1. The van der Waals surface area contributed by atoms with Crippen molar-refractivity contribution < 1.29 is 9.15 Å². The summed E-state index contributed by atoms with van der Waals surface area (Å²) in [5.74, 6) is 6.31. The van der Waals surface area contributed by atoms with Gasteiger partial charge in [-0.2, -0.15) is 0 Å². The molecule has 6 aromatic rings. The highest BCUT2D eigenvalue weighted by Crippen LogP contribution is 2.74. The van der Waals surface area contributed by atoms with E-state index in [1.165, 1.54) is 97.5 Å². The summed E-state index contributed by atoms with van der Waals surface area (Å²) in [6.45, 7) is 0. The van der Waals surface area contributed by atoms with Gasteiger partial charge in [-0.05, 0) is 176 Å². The molecular weight excluding hydrogens is 647 g/mol. The fraction of sp³-hybridized carbons (Fsp3) is 0.400. The van der Waals surface area contributed by atoms with Crippen LogP contribution in [0.2, 0.25) is 0 Å². The smallest absolute Gasteiger partial charge is 0.137 e. The Balaban J connectivity index is 1.01. The van der Waals surface area contributed by atoms with Gasteiger partial charge in [-0.1, -0.05) is 66.7 Å². The van der Waals surface area contributed by atoms with Gasteiger partial charge in [0, 0.05) is 33.9 Å². The first-order valence-corrected chi connectivity index (χ1v) is 20.8. The Hall–Kier alpha value is -4.34. The van der Waals surface area contributed by atoms with Crippen LogP contribution in [0.3, 0.4) is 0 Å². The number of para-hydroxylation sites is 1. The fourth-order valence-corrected chi connectivity index (χ4v) is 14.4. The van der Waals surface area contributed by atoms with Crippen LogP contribution in [0.4, 0.5) is 17.1 Å². The number of rotatable bonds is 4. The van der Waals surface area contributed by atoms with E-state index in [1.54, 1.807) is 11.1 Å². The summed E-state index contributed by atoms with van der Waals surface area (Å²) < 4.78 is 14.7. The molecule has 8 fully saturated rings. The van der Waals surface area contributed by atoms with Crippen LogP contribution < -0.4 is 4.90 Å². The van der Waals surface area contributed by atoms with Gasteiger partial charge in [-0.3, -0.25) is 0 Å². The van der Waals surface area contributed by atoms with Crippen LogP contribution >= 0.6 is 0 Å². The van der Waals surface area contributed by atoms with Crippen molar-refractivity contribution in [1.82, 2.24) is 0 Å². The fourth-order valence-electron chi connectivity index (χ4n) is 14.4. The highest BCUT2D eigenvalue weighted by molar-refractivity contribution is 6.06. The van der Waals surface area contributed by atoms with E-state index in [1.807, 2.05) is 0 Å². The minimum absolute atomic E-state index is 0.0913. The summed E-state index contributed by atoms with van der Waals surface area (Å²) in [6.07, 6.45) is 13.9. The van der Waals surface area contributed by atoms with Gasteiger partial charge in [0.2, 0.25) is 0 Å². The lowest BCUT2D eigenvalue weighted by Crippen LogP contribution is -2.60. The minimum atomic E-state index is -0.139. The number of hydrogen-bond donors (Lipinski definition) is 0. The zero-order valence-electron chi connectivity index (χ0n) is 30.4. The van der Waals surface area contributed by atoms with Crippen LogP contribution in [-0.2, 0) is 15.9 Å². The van der Waals surface area contributed by atoms with E-state index < -0.39 is 0 Å². The standard InChI is InChI=1S/C50H47NO2/c1-2-6-34(7-3-1)35-10-12-40(13-11-35)51(42-14-16-44-43-8-4-5-9-47(43)52-48(44)29-42)41-15-17-45-46(28-41)50(38-24-32-19-33(26-38)27-39(50)25-32)53-49(45)36-20-30-18-31(22-36)23-37(49)21-30/h1-17,28-33,36-39H,18-27H2. The Morgan fingerprint density at radius 3 is 1.58 bits per heavy atom. The number of nitrogens with zero attached hydrogens (tertiary/aromatic N) is 1. The lowest BCUT2D eigenvalue weighted by Gasteiger charge is -2.64. The Morgan fingerprint density at radius 2 is 0.925 bits per heavy atom. The van der Waals surface area contributed by atoms with Crippen LogP contribution in [0.5, 0.6) is 0 Å². The molecule has 8 saturated carbocycles. The molecule has 5 aromatic carbocycles. The second-order valence-corrected chi connectivity index (χ2v) is 18.6. The number of hydrogen-bond acceptors (Lipinski definition) is 3. The molecule has 53 heavy (non-hydrogen) atoms. The summed E-state index contributed by atoms with van der Waals surface area (Å²) in [5, 5.41) is 2.34. The summed E-state index contributed by atoms with van der Waals surface area (Å²) >= 11 is 0. The number of furan rings is 1. The van der Waals surface area contributed by atoms with Crippen molar-refractivity contribution in [2.24, 2.45) is 47.3 Å². The van der Waals surface area contributed by atoms with Gasteiger partial charge >= 0.3 is 0 Å². The molecule has 264 valence electrons. The molecule has 3 heteroatoms. The summed E-state index contributed by atoms with van der Waals surface area (Å²) in [5.41, 5.74) is 10.8. The normalized spacial score (nSPS) is 35.6. The molecule has 0 N–H and O–H groups in total. The molecule has 15 rings (SSSR count). The second kappa shape index (κ2) is 10.7. The van der Waals surface area contributed by atoms with Crippen molar-refractivity contribution in [3.8, 4) is 11.1 Å². The maximum atomic E-state index is 8.23. The number of ether oxygens (including phenoxy) is 1. The maximum absolute atomic E-state index is 8.23. The molecule has 2 heterocycles. The monoisotopic (exact) mass is 693 g/mol. The first-order valence-electron chi connectivity index (χ1n) is 20.8. The van der Waals surface area contributed by atoms with Gasteiger partial charge in [0.25, 0.3) is 0 Å². The average molecular weight is 694 g/mol. The summed E-state index contributed by atoms with van der Waals surface area (Å²) in [4.78, 5) is 2.49. The number of fused-ring (bicyclic) bond motifs is 4. The second-order valence-electron chi connectivity index (χ2n) is 18.6. The lowest BCUT2D eigenvalue weighted by molar-refractivity contribution is -0.304. The summed E-state index contributed by atoms with van der Waals surface area (Å²) in [7, 11) is 0. The van der Waals surface area contributed by atoms with Crippen molar-refractivity contribution >= 4 is 39.0 Å². The van der Waals surface area contributed by atoms with Crippen molar-refractivity contribution in [3.63, 3.8) is 0 Å². The molecule has 2 spiro atoms. The van der Waals surface area contributed by atoms with Crippen LogP contribution in [0.25, 0.3) is 33.1 Å². The van der Waals surface area contributed by atoms with E-state index in [2.05, 4.69) is 120 Å². The molecule has 0 atom stereocenters. The van der Waals surface area contributed by atoms with Gasteiger partial charge in [-0.15, -0.1) is 0 Å². The van der Waals surface area contributed by atoms with Crippen LogP contribution in [0, 0.1) is 47.3 Å². The Kier molecular flexibility index (Phi) is 6.04. The molecule has 9 aliphatic rings. The molecule has 0 radical (unpaired) electrons. The molecule has 1 aliphatic heterocycles. The van der Waals surface area contributed by atoms with Gasteiger partial charge in [0.15, 0.2) is 0 Å². The lowest BCUT2D eigenvalue weighted by atomic mass is 9.48. The molecule has 1 aromatic heterocycles. The third-order valence-electron chi connectivity index (χ3n) is 16.0. The van der Waals surface area contributed by atoms with Gasteiger partial charge < -0.3 is 14.1 Å². The zero-order chi connectivity index (χ0) is 34.5. The Morgan fingerprint density at radius 1 is 0.415 bits per heavy atom. The summed E-state index contributed by atoms with van der Waals surface area (Å²) in [6, 6.07) is 42.9. The molecule has 0 amide bonds. The number of anilines is 3. The van der Waals surface area contributed by atoms with E-state index in [9.17, 15) is 0 Å². The average Bonchev–Trinajstić information content (AvgIpc) is 3.70. The van der Waals surface area contributed by atoms with Gasteiger partial charge in [0.05, 0.1) is 0 Å². The Bertz CT molecular complexity index is 2370. The van der Waals surface area contributed by atoms with E-state index >= 15 is 0 Å². The molecule has 8 bridgehead atoms.